The third-order valence-corrected chi connectivity index (χ3v) is 3.63. The van der Waals surface area contributed by atoms with Crippen molar-refractivity contribution in [3.8, 4) is 0 Å². The Morgan fingerprint density at radius 2 is 2.00 bits per heavy atom. The highest BCUT2D eigenvalue weighted by atomic mass is 16.6. The van der Waals surface area contributed by atoms with Gasteiger partial charge in [0.05, 0.1) is 31.5 Å². The quantitative estimate of drug-likeness (QED) is 0.812. The fraction of sp³-hybridized carbons (Fsp3) is 0.529. The van der Waals surface area contributed by atoms with Gasteiger partial charge in [-0.3, -0.25) is 0 Å². The molecule has 1 aromatic carbocycles. The zero-order valence-electron chi connectivity index (χ0n) is 12.1. The second-order valence-corrected chi connectivity index (χ2v) is 5.17. The van der Waals surface area contributed by atoms with Gasteiger partial charge in [-0.2, -0.15) is 0 Å². The third-order valence-electron chi connectivity index (χ3n) is 3.63. The molecule has 0 fully saturated rings. The van der Waals surface area contributed by atoms with Crippen LogP contribution in [0, 0.1) is 0 Å². The molecule has 3 nitrogen and oxygen atoms in total. The molecule has 20 heavy (non-hydrogen) atoms. The van der Waals surface area contributed by atoms with Gasteiger partial charge in [-0.1, -0.05) is 49.4 Å². The van der Waals surface area contributed by atoms with Crippen molar-refractivity contribution in [3.63, 3.8) is 0 Å². The van der Waals surface area contributed by atoms with E-state index in [1.165, 1.54) is 5.56 Å². The first-order chi connectivity index (χ1) is 9.83. The predicted octanol–water partition coefficient (Wildman–Crippen LogP) is 3.08. The smallest absolute Gasteiger partial charge is 0.0876 e. The molecule has 0 saturated carbocycles. The van der Waals surface area contributed by atoms with Gasteiger partial charge in [-0.05, 0) is 24.8 Å². The highest BCUT2D eigenvalue weighted by molar-refractivity contribution is 5.13. The van der Waals surface area contributed by atoms with Crippen LogP contribution in [0.5, 0.6) is 0 Å². The predicted molar refractivity (Wildman–Crippen MR) is 79.4 cm³/mol. The van der Waals surface area contributed by atoms with E-state index >= 15 is 0 Å². The van der Waals surface area contributed by atoms with Gasteiger partial charge in [0, 0.05) is 0 Å². The number of benzene rings is 1. The average molecular weight is 276 g/mol. The monoisotopic (exact) mass is 276 g/mol. The first-order valence-electron chi connectivity index (χ1n) is 7.40. The summed E-state index contributed by atoms with van der Waals surface area (Å²) in [5.74, 6) is 0. The SMILES string of the molecule is CC[C@H](OCc1ccccc1)C1CC=CC[C@H](CO)O1. The summed E-state index contributed by atoms with van der Waals surface area (Å²) >= 11 is 0. The number of ether oxygens (including phenoxy) is 2. The average Bonchev–Trinajstić information content (AvgIpc) is 2.75. The molecular weight excluding hydrogens is 252 g/mol. The standard InChI is InChI=1S/C17H24O3/c1-2-16(19-13-14-8-4-3-5-9-14)17-11-7-6-10-15(12-18)20-17/h3-9,15-18H,2,10-13H2,1H3/t15-,16+,17?/m1/s1. The summed E-state index contributed by atoms with van der Waals surface area (Å²) in [6.45, 7) is 2.78. The maximum absolute atomic E-state index is 9.30. The molecule has 1 aliphatic rings. The highest BCUT2D eigenvalue weighted by Gasteiger charge is 2.25. The van der Waals surface area contributed by atoms with Crippen LogP contribution in [0.25, 0.3) is 0 Å². The van der Waals surface area contributed by atoms with Crippen molar-refractivity contribution in [2.24, 2.45) is 0 Å². The maximum Gasteiger partial charge on any atom is 0.0876 e. The first kappa shape index (κ1) is 15.2. The second-order valence-electron chi connectivity index (χ2n) is 5.17. The highest BCUT2D eigenvalue weighted by Crippen LogP contribution is 2.20. The van der Waals surface area contributed by atoms with E-state index < -0.39 is 0 Å². The normalized spacial score (nSPS) is 24.3. The molecule has 2 rings (SSSR count). The van der Waals surface area contributed by atoms with Crippen LogP contribution in [-0.2, 0) is 16.1 Å². The Balaban J connectivity index is 1.91. The zero-order valence-corrected chi connectivity index (χ0v) is 12.1. The van der Waals surface area contributed by atoms with Gasteiger partial charge in [-0.25, -0.2) is 0 Å². The van der Waals surface area contributed by atoms with Crippen LogP contribution in [0.4, 0.5) is 0 Å². The van der Waals surface area contributed by atoms with Crippen LogP contribution in [0.3, 0.4) is 0 Å². The molecule has 1 heterocycles. The molecule has 1 aromatic rings. The Labute approximate surface area is 121 Å². The first-order valence-corrected chi connectivity index (χ1v) is 7.40. The van der Waals surface area contributed by atoms with Crippen LogP contribution in [0.1, 0.15) is 31.7 Å². The molecule has 0 aromatic heterocycles. The van der Waals surface area contributed by atoms with Crippen LogP contribution in [0.15, 0.2) is 42.5 Å². The summed E-state index contributed by atoms with van der Waals surface area (Å²) in [4.78, 5) is 0. The van der Waals surface area contributed by atoms with Crippen LogP contribution in [-0.4, -0.2) is 30.0 Å². The lowest BCUT2D eigenvalue weighted by Crippen LogP contribution is -2.34. The molecule has 3 atom stereocenters. The Kier molecular flexibility index (Phi) is 6.25. The summed E-state index contributed by atoms with van der Waals surface area (Å²) in [6, 6.07) is 10.2. The van der Waals surface area contributed by atoms with E-state index in [0.717, 1.165) is 19.3 Å². The van der Waals surface area contributed by atoms with Gasteiger partial charge >= 0.3 is 0 Å². The van der Waals surface area contributed by atoms with Crippen molar-refractivity contribution < 1.29 is 14.6 Å². The molecule has 0 radical (unpaired) electrons. The van der Waals surface area contributed by atoms with Crippen molar-refractivity contribution in [2.75, 3.05) is 6.61 Å². The van der Waals surface area contributed by atoms with E-state index in [4.69, 9.17) is 9.47 Å². The summed E-state index contributed by atoms with van der Waals surface area (Å²) in [5, 5.41) is 9.30. The van der Waals surface area contributed by atoms with E-state index in [1.54, 1.807) is 0 Å². The molecule has 1 unspecified atom stereocenters. The molecule has 0 bridgehead atoms. The third kappa shape index (κ3) is 4.44. The van der Waals surface area contributed by atoms with Crippen molar-refractivity contribution in [1.29, 1.82) is 0 Å². The van der Waals surface area contributed by atoms with Gasteiger partial charge in [0.15, 0.2) is 0 Å². The maximum atomic E-state index is 9.30. The van der Waals surface area contributed by atoms with Gasteiger partial charge in [0.2, 0.25) is 0 Å². The van der Waals surface area contributed by atoms with Crippen molar-refractivity contribution in [1.82, 2.24) is 0 Å². The number of aliphatic hydroxyl groups is 1. The Hall–Kier alpha value is -1.16. The topological polar surface area (TPSA) is 38.7 Å². The molecule has 0 amide bonds. The molecule has 0 saturated heterocycles. The van der Waals surface area contributed by atoms with Gasteiger partial charge in [-0.15, -0.1) is 0 Å². The van der Waals surface area contributed by atoms with Crippen molar-refractivity contribution in [3.05, 3.63) is 48.0 Å². The Bertz CT molecular complexity index is 402. The van der Waals surface area contributed by atoms with Crippen molar-refractivity contribution in [2.45, 2.75) is 51.1 Å². The summed E-state index contributed by atoms with van der Waals surface area (Å²) < 4.78 is 12.0. The minimum atomic E-state index is -0.104. The van der Waals surface area contributed by atoms with Crippen LogP contribution < -0.4 is 0 Å². The number of hydrogen-bond acceptors (Lipinski definition) is 3. The zero-order chi connectivity index (χ0) is 14.2. The lowest BCUT2D eigenvalue weighted by Gasteiger charge is -2.28. The molecule has 110 valence electrons. The van der Waals surface area contributed by atoms with Crippen LogP contribution >= 0.6 is 0 Å². The molecule has 0 aliphatic carbocycles. The largest absolute Gasteiger partial charge is 0.394 e. The number of rotatable bonds is 6. The fourth-order valence-electron chi connectivity index (χ4n) is 2.46. The molecule has 0 spiro atoms. The van der Waals surface area contributed by atoms with E-state index in [2.05, 4.69) is 31.2 Å². The lowest BCUT2D eigenvalue weighted by atomic mass is 10.1. The molecule has 1 N–H and O–H groups in total. The van der Waals surface area contributed by atoms with E-state index in [0.29, 0.717) is 6.61 Å². The van der Waals surface area contributed by atoms with Crippen molar-refractivity contribution >= 4 is 0 Å². The Morgan fingerprint density at radius 3 is 2.70 bits per heavy atom. The molecule has 3 heteroatoms. The second kappa shape index (κ2) is 8.20. The van der Waals surface area contributed by atoms with E-state index in [9.17, 15) is 5.11 Å². The Morgan fingerprint density at radius 1 is 1.25 bits per heavy atom. The van der Waals surface area contributed by atoms with Gasteiger partial charge < -0.3 is 14.6 Å². The van der Waals surface area contributed by atoms with Gasteiger partial charge in [0.25, 0.3) is 0 Å². The summed E-state index contributed by atoms with van der Waals surface area (Å²) in [5.41, 5.74) is 1.17. The lowest BCUT2D eigenvalue weighted by molar-refractivity contribution is -0.113. The van der Waals surface area contributed by atoms with Gasteiger partial charge in [0.1, 0.15) is 0 Å². The summed E-state index contributed by atoms with van der Waals surface area (Å²) in [7, 11) is 0. The number of aliphatic hydroxyl groups excluding tert-OH is 1. The molecule has 1 aliphatic heterocycles. The molecular formula is C17H24O3. The minimum Gasteiger partial charge on any atom is -0.394 e. The minimum absolute atomic E-state index is 0.0274. The van der Waals surface area contributed by atoms with E-state index in [-0.39, 0.29) is 24.9 Å². The van der Waals surface area contributed by atoms with Crippen LogP contribution in [0.2, 0.25) is 0 Å². The summed E-state index contributed by atoms with van der Waals surface area (Å²) in [6.07, 6.45) is 6.74. The number of hydrogen-bond donors (Lipinski definition) is 1. The van der Waals surface area contributed by atoms with E-state index in [1.807, 2.05) is 18.2 Å². The fourth-order valence-corrected chi connectivity index (χ4v) is 2.46.